The highest BCUT2D eigenvalue weighted by molar-refractivity contribution is 5.49. The minimum absolute atomic E-state index is 0.0504. The molecule has 2 saturated heterocycles. The summed E-state index contributed by atoms with van der Waals surface area (Å²) in [7, 11) is 0. The summed E-state index contributed by atoms with van der Waals surface area (Å²) in [6.07, 6.45) is 5.90. The van der Waals surface area contributed by atoms with Crippen LogP contribution < -0.4 is 10.2 Å². The van der Waals surface area contributed by atoms with Crippen molar-refractivity contribution in [3.05, 3.63) is 29.6 Å². The fourth-order valence-electron chi connectivity index (χ4n) is 3.71. The highest BCUT2D eigenvalue weighted by Crippen LogP contribution is 2.40. The summed E-state index contributed by atoms with van der Waals surface area (Å²) in [6, 6.07) is 5.73. The van der Waals surface area contributed by atoms with E-state index in [1.54, 1.807) is 6.07 Å². The van der Waals surface area contributed by atoms with Crippen molar-refractivity contribution in [3.8, 4) is 0 Å². The number of rotatable bonds is 2. The van der Waals surface area contributed by atoms with Crippen LogP contribution in [0.1, 0.15) is 38.2 Å². The van der Waals surface area contributed by atoms with Crippen molar-refractivity contribution in [2.45, 2.75) is 39.0 Å². The van der Waals surface area contributed by atoms with Gasteiger partial charge in [0.2, 0.25) is 0 Å². The van der Waals surface area contributed by atoms with Crippen LogP contribution in [0.15, 0.2) is 18.2 Å². The fourth-order valence-corrected chi connectivity index (χ4v) is 3.71. The van der Waals surface area contributed by atoms with Gasteiger partial charge < -0.3 is 10.2 Å². The van der Waals surface area contributed by atoms with E-state index < -0.39 is 0 Å². The molecule has 3 rings (SSSR count). The Bertz CT molecular complexity index is 456. The van der Waals surface area contributed by atoms with Crippen molar-refractivity contribution in [2.75, 3.05) is 31.1 Å². The summed E-state index contributed by atoms with van der Waals surface area (Å²) in [4.78, 5) is 2.24. The molecule has 1 spiro atoms. The Morgan fingerprint density at radius 1 is 1.15 bits per heavy atom. The maximum Gasteiger partial charge on any atom is 0.146 e. The molecule has 0 aliphatic carbocycles. The molecule has 20 heavy (non-hydrogen) atoms. The maximum atomic E-state index is 14.2. The van der Waals surface area contributed by atoms with Crippen LogP contribution in [0.25, 0.3) is 0 Å². The fraction of sp³-hybridized carbons (Fsp3) is 0.647. The van der Waals surface area contributed by atoms with Gasteiger partial charge in [-0.1, -0.05) is 13.0 Å². The standard InChI is InChI=1S/C17H25FN2/c1-2-14-3-4-16(15(18)13-14)20-11-7-17(8-12-20)5-9-19-10-6-17/h3-4,13,19H,2,5-12H2,1H3. The molecule has 0 amide bonds. The zero-order valence-corrected chi connectivity index (χ0v) is 12.4. The summed E-state index contributed by atoms with van der Waals surface area (Å²) in [5, 5.41) is 3.45. The molecule has 1 aromatic rings. The number of benzene rings is 1. The van der Waals surface area contributed by atoms with Crippen molar-refractivity contribution >= 4 is 5.69 Å². The first-order chi connectivity index (χ1) is 9.72. The van der Waals surface area contributed by atoms with Crippen molar-refractivity contribution in [1.82, 2.24) is 5.32 Å². The molecule has 2 heterocycles. The van der Waals surface area contributed by atoms with Crippen LogP contribution in [0.2, 0.25) is 0 Å². The predicted molar refractivity (Wildman–Crippen MR) is 81.8 cm³/mol. The predicted octanol–water partition coefficient (Wildman–Crippen LogP) is 3.36. The first-order valence-electron chi connectivity index (χ1n) is 7.97. The van der Waals surface area contributed by atoms with Gasteiger partial charge >= 0.3 is 0 Å². The van der Waals surface area contributed by atoms with Gasteiger partial charge in [-0.05, 0) is 68.3 Å². The smallest absolute Gasteiger partial charge is 0.146 e. The normalized spacial score (nSPS) is 22.2. The number of aryl methyl sites for hydroxylation is 1. The lowest BCUT2D eigenvalue weighted by Crippen LogP contribution is -2.45. The average molecular weight is 276 g/mol. The third-order valence-electron chi connectivity index (χ3n) is 5.25. The summed E-state index contributed by atoms with van der Waals surface area (Å²) < 4.78 is 14.2. The molecule has 0 atom stereocenters. The van der Waals surface area contributed by atoms with Crippen LogP contribution in [-0.2, 0) is 6.42 Å². The van der Waals surface area contributed by atoms with Crippen molar-refractivity contribution in [1.29, 1.82) is 0 Å². The van der Waals surface area contributed by atoms with Crippen molar-refractivity contribution in [2.24, 2.45) is 5.41 Å². The molecular formula is C17H25FN2. The van der Waals surface area contributed by atoms with Gasteiger partial charge in [-0.25, -0.2) is 4.39 Å². The van der Waals surface area contributed by atoms with Crippen molar-refractivity contribution in [3.63, 3.8) is 0 Å². The van der Waals surface area contributed by atoms with E-state index >= 15 is 0 Å². The lowest BCUT2D eigenvalue weighted by Gasteiger charge is -2.45. The second kappa shape index (κ2) is 5.72. The molecule has 3 heteroatoms. The molecule has 110 valence electrons. The summed E-state index contributed by atoms with van der Waals surface area (Å²) in [5.41, 5.74) is 2.41. The van der Waals surface area contributed by atoms with Crippen LogP contribution in [0.3, 0.4) is 0 Å². The maximum absolute atomic E-state index is 14.2. The third kappa shape index (κ3) is 2.69. The monoisotopic (exact) mass is 276 g/mol. The van der Waals surface area contributed by atoms with Gasteiger partial charge in [0, 0.05) is 13.1 Å². The van der Waals surface area contributed by atoms with Gasteiger partial charge in [0.25, 0.3) is 0 Å². The molecule has 2 aliphatic heterocycles. The van der Waals surface area contributed by atoms with Crippen LogP contribution in [0.4, 0.5) is 10.1 Å². The molecule has 2 fully saturated rings. The zero-order valence-electron chi connectivity index (χ0n) is 12.4. The highest BCUT2D eigenvalue weighted by Gasteiger charge is 2.35. The Morgan fingerprint density at radius 2 is 1.85 bits per heavy atom. The van der Waals surface area contributed by atoms with Crippen LogP contribution in [0.5, 0.6) is 0 Å². The van der Waals surface area contributed by atoms with Gasteiger partial charge in [-0.15, -0.1) is 0 Å². The molecule has 0 unspecified atom stereocenters. The number of hydrogen-bond acceptors (Lipinski definition) is 2. The Morgan fingerprint density at radius 3 is 2.45 bits per heavy atom. The van der Waals surface area contributed by atoms with E-state index in [1.807, 2.05) is 6.07 Å². The molecule has 2 nitrogen and oxygen atoms in total. The Hall–Kier alpha value is -1.09. The lowest BCUT2D eigenvalue weighted by atomic mass is 9.71. The van der Waals surface area contributed by atoms with Gasteiger partial charge in [0.05, 0.1) is 5.69 Å². The molecule has 0 aromatic heterocycles. The number of halogens is 1. The molecule has 0 saturated carbocycles. The van der Waals surface area contributed by atoms with E-state index in [0.29, 0.717) is 5.41 Å². The summed E-state index contributed by atoms with van der Waals surface area (Å²) in [5.74, 6) is -0.0504. The summed E-state index contributed by atoms with van der Waals surface area (Å²) >= 11 is 0. The Balaban J connectivity index is 1.68. The number of hydrogen-bond donors (Lipinski definition) is 1. The SMILES string of the molecule is CCc1ccc(N2CCC3(CCNCC3)CC2)c(F)c1. The minimum atomic E-state index is -0.0504. The number of nitrogens with one attached hydrogen (secondary N) is 1. The van der Waals surface area contributed by atoms with Gasteiger partial charge in [-0.2, -0.15) is 0 Å². The van der Waals surface area contributed by atoms with E-state index in [-0.39, 0.29) is 5.82 Å². The van der Waals surface area contributed by atoms with Crippen molar-refractivity contribution < 1.29 is 4.39 Å². The van der Waals surface area contributed by atoms with E-state index in [2.05, 4.69) is 23.2 Å². The zero-order chi connectivity index (χ0) is 14.0. The van der Waals surface area contributed by atoms with Crippen LogP contribution >= 0.6 is 0 Å². The van der Waals surface area contributed by atoms with E-state index in [1.165, 1.54) is 25.7 Å². The van der Waals surface area contributed by atoms with E-state index in [9.17, 15) is 4.39 Å². The van der Waals surface area contributed by atoms with Crippen LogP contribution in [-0.4, -0.2) is 26.2 Å². The van der Waals surface area contributed by atoms with Gasteiger partial charge in [0.15, 0.2) is 0 Å². The van der Waals surface area contributed by atoms with E-state index in [0.717, 1.165) is 43.9 Å². The van der Waals surface area contributed by atoms with Gasteiger partial charge in [0.1, 0.15) is 5.82 Å². The topological polar surface area (TPSA) is 15.3 Å². The summed E-state index contributed by atoms with van der Waals surface area (Å²) in [6.45, 7) is 6.38. The Labute approximate surface area is 121 Å². The third-order valence-corrected chi connectivity index (χ3v) is 5.25. The highest BCUT2D eigenvalue weighted by atomic mass is 19.1. The van der Waals surface area contributed by atoms with E-state index in [4.69, 9.17) is 0 Å². The molecule has 1 aromatic carbocycles. The second-order valence-corrected chi connectivity index (χ2v) is 6.38. The largest absolute Gasteiger partial charge is 0.369 e. The van der Waals surface area contributed by atoms with Crippen LogP contribution in [0, 0.1) is 11.2 Å². The van der Waals surface area contributed by atoms with Gasteiger partial charge in [-0.3, -0.25) is 0 Å². The first kappa shape index (κ1) is 13.9. The molecular weight excluding hydrogens is 251 g/mol. The number of piperidine rings is 2. The quantitative estimate of drug-likeness (QED) is 0.891. The molecule has 0 radical (unpaired) electrons. The Kier molecular flexibility index (Phi) is 3.97. The second-order valence-electron chi connectivity index (χ2n) is 6.38. The minimum Gasteiger partial charge on any atom is -0.369 e. The number of anilines is 1. The molecule has 2 aliphatic rings. The molecule has 0 bridgehead atoms. The number of nitrogens with zero attached hydrogens (tertiary/aromatic N) is 1. The molecule has 1 N–H and O–H groups in total. The first-order valence-corrected chi connectivity index (χ1v) is 7.97. The lowest BCUT2D eigenvalue weighted by molar-refractivity contribution is 0.154. The average Bonchev–Trinajstić information content (AvgIpc) is 2.49.